The summed E-state index contributed by atoms with van der Waals surface area (Å²) in [4.78, 5) is 0. The van der Waals surface area contributed by atoms with Crippen molar-refractivity contribution in [3.05, 3.63) is 0 Å². The zero-order valence-electron chi connectivity index (χ0n) is 13.7. The van der Waals surface area contributed by atoms with Gasteiger partial charge in [-0.05, 0) is 27.2 Å². The molecule has 0 bridgehead atoms. The van der Waals surface area contributed by atoms with Gasteiger partial charge < -0.3 is 24.1 Å². The highest BCUT2D eigenvalue weighted by Crippen LogP contribution is 1.89. The molecule has 20 heavy (non-hydrogen) atoms. The number of hydrogen-bond acceptors (Lipinski definition) is 5. The van der Waals surface area contributed by atoms with Crippen LogP contribution < -0.4 is 0 Å². The third kappa shape index (κ3) is 26.4. The molecule has 0 fully saturated rings. The van der Waals surface area contributed by atoms with Gasteiger partial charge in [-0.1, -0.05) is 13.3 Å². The number of aliphatic hydroxyl groups is 1. The van der Waals surface area contributed by atoms with E-state index in [1.54, 1.807) is 6.92 Å². The maximum atomic E-state index is 8.73. The maximum absolute atomic E-state index is 8.73. The largest absolute Gasteiger partial charge is 0.391 e. The summed E-state index contributed by atoms with van der Waals surface area (Å²) < 4.78 is 20.4. The second-order valence-corrected chi connectivity index (χ2v) is 4.28. The summed E-state index contributed by atoms with van der Waals surface area (Å²) >= 11 is 0. The van der Waals surface area contributed by atoms with Gasteiger partial charge >= 0.3 is 0 Å². The molecular formula is C15H34O5. The molecule has 5 heteroatoms. The molecule has 0 aliphatic rings. The van der Waals surface area contributed by atoms with Gasteiger partial charge in [0.15, 0.2) is 0 Å². The van der Waals surface area contributed by atoms with Crippen LogP contribution in [-0.2, 0) is 18.9 Å². The fourth-order valence-electron chi connectivity index (χ4n) is 1.13. The minimum absolute atomic E-state index is 0.318. The number of aliphatic hydroxyl groups excluding tert-OH is 1. The van der Waals surface area contributed by atoms with Crippen LogP contribution in [0.3, 0.4) is 0 Å². The van der Waals surface area contributed by atoms with Crippen LogP contribution in [0.4, 0.5) is 0 Å². The first kappa shape index (κ1) is 22.1. The minimum Gasteiger partial charge on any atom is -0.391 e. The predicted molar refractivity (Wildman–Crippen MR) is 81.2 cm³/mol. The molecule has 0 aromatic heterocycles. The van der Waals surface area contributed by atoms with Crippen LogP contribution in [0.5, 0.6) is 0 Å². The lowest BCUT2D eigenvalue weighted by Crippen LogP contribution is -2.10. The van der Waals surface area contributed by atoms with Crippen LogP contribution in [0.2, 0.25) is 0 Å². The second-order valence-electron chi connectivity index (χ2n) is 4.28. The van der Waals surface area contributed by atoms with E-state index in [0.29, 0.717) is 33.0 Å². The molecule has 0 heterocycles. The van der Waals surface area contributed by atoms with Crippen LogP contribution in [0.15, 0.2) is 0 Å². The molecule has 1 atom stereocenters. The van der Waals surface area contributed by atoms with Gasteiger partial charge in [-0.2, -0.15) is 0 Å². The molecule has 0 aliphatic carbocycles. The molecule has 0 spiro atoms. The monoisotopic (exact) mass is 294 g/mol. The first-order chi connectivity index (χ1) is 9.68. The molecule has 0 radical (unpaired) electrons. The summed E-state index contributed by atoms with van der Waals surface area (Å²) in [7, 11) is 0. The lowest BCUT2D eigenvalue weighted by Gasteiger charge is -2.03. The molecule has 0 rings (SSSR count). The van der Waals surface area contributed by atoms with E-state index in [0.717, 1.165) is 32.7 Å². The average molecular weight is 294 g/mol. The minimum atomic E-state index is -0.318. The van der Waals surface area contributed by atoms with E-state index in [4.69, 9.17) is 24.1 Å². The number of rotatable bonds is 13. The molecule has 0 aromatic rings. The summed E-state index contributed by atoms with van der Waals surface area (Å²) in [5, 5.41) is 8.73. The molecule has 124 valence electrons. The lowest BCUT2D eigenvalue weighted by atomic mass is 10.4. The highest BCUT2D eigenvalue weighted by atomic mass is 16.5. The molecule has 1 unspecified atom stereocenters. The van der Waals surface area contributed by atoms with Crippen LogP contribution in [0.1, 0.15) is 40.5 Å². The summed E-state index contributed by atoms with van der Waals surface area (Å²) in [5.41, 5.74) is 0. The zero-order valence-corrected chi connectivity index (χ0v) is 13.7. The first-order valence-electron chi connectivity index (χ1n) is 7.67. The summed E-state index contributed by atoms with van der Waals surface area (Å²) in [6, 6.07) is 0. The fraction of sp³-hybridized carbons (Fsp3) is 1.00. The van der Waals surface area contributed by atoms with Crippen molar-refractivity contribution in [2.75, 3.05) is 52.9 Å². The Morgan fingerprint density at radius 1 is 0.750 bits per heavy atom. The van der Waals surface area contributed by atoms with Gasteiger partial charge in [-0.25, -0.2) is 0 Å². The Morgan fingerprint density at radius 3 is 1.65 bits per heavy atom. The van der Waals surface area contributed by atoms with Gasteiger partial charge in [-0.3, -0.25) is 0 Å². The molecule has 1 N–H and O–H groups in total. The van der Waals surface area contributed by atoms with Crippen LogP contribution in [0, 0.1) is 0 Å². The van der Waals surface area contributed by atoms with Crippen molar-refractivity contribution >= 4 is 0 Å². The number of hydrogen-bond donors (Lipinski definition) is 1. The van der Waals surface area contributed by atoms with E-state index < -0.39 is 0 Å². The van der Waals surface area contributed by atoms with Crippen molar-refractivity contribution in [3.63, 3.8) is 0 Å². The lowest BCUT2D eigenvalue weighted by molar-refractivity contribution is 0.0195. The summed E-state index contributed by atoms with van der Waals surface area (Å²) in [6.45, 7) is 13.3. The van der Waals surface area contributed by atoms with Gasteiger partial charge in [0.2, 0.25) is 0 Å². The van der Waals surface area contributed by atoms with Crippen molar-refractivity contribution in [3.8, 4) is 0 Å². The smallest absolute Gasteiger partial charge is 0.0745 e. The van der Waals surface area contributed by atoms with E-state index in [1.807, 2.05) is 13.8 Å². The van der Waals surface area contributed by atoms with Gasteiger partial charge in [0.1, 0.15) is 0 Å². The van der Waals surface area contributed by atoms with Gasteiger partial charge in [-0.15, -0.1) is 0 Å². The standard InChI is InChI=1S/C8H18O3.C7H16O2/c1-3-9-5-7-11-8-6-10-4-2;1-3-4-5-9-6-7(2)8/h3-8H2,1-2H3;7-8H,3-6H2,1-2H3. The van der Waals surface area contributed by atoms with E-state index in [2.05, 4.69) is 6.92 Å². The van der Waals surface area contributed by atoms with E-state index in [9.17, 15) is 0 Å². The Hall–Kier alpha value is -0.200. The normalized spacial score (nSPS) is 11.8. The molecule has 0 aliphatic heterocycles. The van der Waals surface area contributed by atoms with Crippen LogP contribution >= 0.6 is 0 Å². The van der Waals surface area contributed by atoms with Gasteiger partial charge in [0, 0.05) is 19.8 Å². The Kier molecular flexibility index (Phi) is 23.3. The summed E-state index contributed by atoms with van der Waals surface area (Å²) in [6.07, 6.45) is 1.92. The quantitative estimate of drug-likeness (QED) is 0.528. The van der Waals surface area contributed by atoms with Crippen molar-refractivity contribution < 1.29 is 24.1 Å². The SMILES string of the molecule is CCCCOCC(C)O.CCOCCOCCOCC. The Balaban J connectivity index is 0. The Morgan fingerprint density at radius 2 is 1.25 bits per heavy atom. The highest BCUT2D eigenvalue weighted by Gasteiger charge is 1.92. The topological polar surface area (TPSA) is 57.2 Å². The zero-order chi connectivity index (χ0) is 15.5. The van der Waals surface area contributed by atoms with Gasteiger partial charge in [0.05, 0.1) is 39.1 Å². The average Bonchev–Trinajstić information content (AvgIpc) is 2.43. The Bertz CT molecular complexity index is 145. The predicted octanol–water partition coefficient (Wildman–Crippen LogP) is 2.26. The van der Waals surface area contributed by atoms with Crippen LogP contribution in [0.25, 0.3) is 0 Å². The molecule has 0 amide bonds. The van der Waals surface area contributed by atoms with Gasteiger partial charge in [0.25, 0.3) is 0 Å². The fourth-order valence-corrected chi connectivity index (χ4v) is 1.13. The second kappa shape index (κ2) is 21.1. The molecule has 0 aromatic carbocycles. The van der Waals surface area contributed by atoms with Crippen molar-refractivity contribution in [2.45, 2.75) is 46.6 Å². The highest BCUT2D eigenvalue weighted by molar-refractivity contribution is 4.41. The maximum Gasteiger partial charge on any atom is 0.0745 e. The number of unbranched alkanes of at least 4 members (excludes halogenated alkanes) is 1. The third-order valence-electron chi connectivity index (χ3n) is 2.15. The van der Waals surface area contributed by atoms with E-state index in [-0.39, 0.29) is 6.10 Å². The van der Waals surface area contributed by atoms with Crippen molar-refractivity contribution in [2.24, 2.45) is 0 Å². The third-order valence-corrected chi connectivity index (χ3v) is 2.15. The first-order valence-corrected chi connectivity index (χ1v) is 7.67. The molecule has 0 saturated heterocycles. The summed E-state index contributed by atoms with van der Waals surface area (Å²) in [5.74, 6) is 0. The van der Waals surface area contributed by atoms with Crippen molar-refractivity contribution in [1.29, 1.82) is 0 Å². The molecule has 0 saturated carbocycles. The van der Waals surface area contributed by atoms with E-state index in [1.165, 1.54) is 0 Å². The van der Waals surface area contributed by atoms with E-state index >= 15 is 0 Å². The van der Waals surface area contributed by atoms with Crippen LogP contribution in [-0.4, -0.2) is 64.1 Å². The number of ether oxygens (including phenoxy) is 4. The molecule has 5 nitrogen and oxygen atoms in total. The van der Waals surface area contributed by atoms with Crippen molar-refractivity contribution in [1.82, 2.24) is 0 Å². The Labute approximate surface area is 124 Å². The molecular weight excluding hydrogens is 260 g/mol.